The van der Waals surface area contributed by atoms with Gasteiger partial charge in [0.2, 0.25) is 5.91 Å². The highest BCUT2D eigenvalue weighted by Crippen LogP contribution is 2.32. The van der Waals surface area contributed by atoms with Crippen LogP contribution in [-0.2, 0) is 11.0 Å². The fourth-order valence-corrected chi connectivity index (χ4v) is 3.32. The van der Waals surface area contributed by atoms with Crippen molar-refractivity contribution in [1.29, 1.82) is 0 Å². The Morgan fingerprint density at radius 2 is 1.23 bits per heavy atom. The largest absolute Gasteiger partial charge is 0.507 e. The van der Waals surface area contributed by atoms with Gasteiger partial charge in [-0.2, -0.15) is 13.2 Å². The van der Waals surface area contributed by atoms with Crippen molar-refractivity contribution in [1.82, 2.24) is 10.6 Å². The summed E-state index contributed by atoms with van der Waals surface area (Å²) in [5.41, 5.74) is -1.31. The average molecular weight is 559 g/mol. The maximum absolute atomic E-state index is 12.6. The number of nitrogens with one attached hydrogen (secondary N) is 2. The maximum Gasteiger partial charge on any atom is 0.416 e. The number of aromatic hydroxyl groups is 1. The lowest BCUT2D eigenvalue weighted by Gasteiger charge is -2.10. The first-order valence-corrected chi connectivity index (χ1v) is 13.6. The van der Waals surface area contributed by atoms with Gasteiger partial charge in [-0.25, -0.2) is 0 Å². The van der Waals surface area contributed by atoms with Crippen LogP contribution in [0.3, 0.4) is 0 Å². The van der Waals surface area contributed by atoms with Crippen LogP contribution in [0, 0.1) is 0 Å². The van der Waals surface area contributed by atoms with Crippen molar-refractivity contribution in [3.8, 4) is 5.75 Å². The molecule has 40 heavy (non-hydrogen) atoms. The fourth-order valence-electron chi connectivity index (χ4n) is 3.32. The van der Waals surface area contributed by atoms with Crippen LogP contribution in [0.4, 0.5) is 13.2 Å². The van der Waals surface area contributed by atoms with Gasteiger partial charge < -0.3 is 15.7 Å². The van der Waals surface area contributed by atoms with E-state index in [0.29, 0.717) is 18.9 Å². The normalized spacial score (nSPS) is 12.7. The molecule has 0 spiro atoms. The predicted octanol–water partition coefficient (Wildman–Crippen LogP) is 7.73. The van der Waals surface area contributed by atoms with Crippen molar-refractivity contribution in [3.63, 3.8) is 0 Å². The quantitative estimate of drug-likeness (QED) is 0.127. The number of carbonyl (C=O) groups is 2. The van der Waals surface area contributed by atoms with Crippen LogP contribution in [0.15, 0.2) is 91.1 Å². The summed E-state index contributed by atoms with van der Waals surface area (Å²) in [5, 5.41) is 14.8. The lowest BCUT2D eigenvalue weighted by molar-refractivity contribution is -0.137. The first-order chi connectivity index (χ1) is 19.3. The summed E-state index contributed by atoms with van der Waals surface area (Å²) in [5.74, 6) is -1.66. The van der Waals surface area contributed by atoms with Crippen molar-refractivity contribution in [3.05, 3.63) is 102 Å². The average Bonchev–Trinajstić information content (AvgIpc) is 2.91. The summed E-state index contributed by atoms with van der Waals surface area (Å²) in [6.45, 7) is 2.37. The monoisotopic (exact) mass is 558 g/mol. The van der Waals surface area contributed by atoms with Crippen molar-refractivity contribution in [2.24, 2.45) is 0 Å². The zero-order valence-corrected chi connectivity index (χ0v) is 23.1. The summed E-state index contributed by atoms with van der Waals surface area (Å²) in [6.07, 6.45) is 27.3. The van der Waals surface area contributed by atoms with Crippen LogP contribution in [0.25, 0.3) is 0 Å². The number of hydrogen-bond donors (Lipinski definition) is 3. The Balaban J connectivity index is 2.08. The predicted molar refractivity (Wildman–Crippen MR) is 156 cm³/mol. The van der Waals surface area contributed by atoms with Gasteiger partial charge in [0, 0.05) is 19.5 Å². The molecule has 218 valence electrons. The number of amides is 2. The number of carbonyl (C=O) groups excluding carboxylic acids is 2. The number of alkyl halides is 3. The lowest BCUT2D eigenvalue weighted by atomic mass is 10.1. The lowest BCUT2D eigenvalue weighted by Crippen LogP contribution is -2.34. The van der Waals surface area contributed by atoms with Crippen molar-refractivity contribution in [2.45, 2.75) is 64.5 Å². The van der Waals surface area contributed by atoms with Crippen LogP contribution in [0.1, 0.15) is 74.2 Å². The molecule has 0 aliphatic rings. The third-order valence-corrected chi connectivity index (χ3v) is 5.44. The second-order valence-electron chi connectivity index (χ2n) is 8.79. The van der Waals surface area contributed by atoms with E-state index < -0.39 is 23.4 Å². The van der Waals surface area contributed by atoms with Gasteiger partial charge in [0.1, 0.15) is 5.75 Å². The summed E-state index contributed by atoms with van der Waals surface area (Å²) >= 11 is 0. The minimum absolute atomic E-state index is 0.0744. The molecule has 0 unspecified atom stereocenters. The number of hydrogen-bond acceptors (Lipinski definition) is 3. The van der Waals surface area contributed by atoms with Gasteiger partial charge in [-0.05, 0) is 63.1 Å². The van der Waals surface area contributed by atoms with Crippen LogP contribution in [0.5, 0.6) is 5.75 Å². The minimum Gasteiger partial charge on any atom is -0.507 e. The highest BCUT2D eigenvalue weighted by Gasteiger charge is 2.31. The Labute approximate surface area is 235 Å². The van der Waals surface area contributed by atoms with E-state index in [1.807, 2.05) is 12.2 Å². The van der Waals surface area contributed by atoms with Gasteiger partial charge in [0.15, 0.2) is 0 Å². The fraction of sp³-hybridized carbons (Fsp3) is 0.375. The molecule has 1 rings (SSSR count). The number of allylic oxidation sites excluding steroid dienone is 12. The number of phenolic OH excluding ortho intramolecular Hbond substituents is 1. The number of halogens is 3. The number of rotatable bonds is 18. The molecule has 1 aromatic rings. The standard InChI is InChI=1S/C32H41F3N2O3/c1-2-3-4-5-6-7-8-9-10-11-12-13-14-15-16-17-18-19-20-21-30(39)36-24-25-37-31(40)28-23-22-27(26-29(28)38)32(33,34)35/h3-4,6-7,9-10,12-13,15-16,18-19,22-23,26,38H,2,5,8,11,14,17,20-21,24-25H2,1H3,(H,36,39)(H,37,40). The third kappa shape index (κ3) is 16.9. The summed E-state index contributed by atoms with van der Waals surface area (Å²) < 4.78 is 37.9. The second kappa shape index (κ2) is 21.1. The van der Waals surface area contributed by atoms with Crippen LogP contribution >= 0.6 is 0 Å². The highest BCUT2D eigenvalue weighted by atomic mass is 19.4. The molecule has 0 radical (unpaired) electrons. The Morgan fingerprint density at radius 1 is 0.750 bits per heavy atom. The summed E-state index contributed by atoms with van der Waals surface area (Å²) in [6, 6.07) is 2.15. The second-order valence-corrected chi connectivity index (χ2v) is 8.79. The third-order valence-electron chi connectivity index (χ3n) is 5.44. The molecule has 2 amide bonds. The summed E-state index contributed by atoms with van der Waals surface area (Å²) in [4.78, 5) is 23.9. The van der Waals surface area contributed by atoms with Crippen molar-refractivity contribution >= 4 is 11.8 Å². The Bertz CT molecular complexity index is 1070. The molecular formula is C32H41F3N2O3. The van der Waals surface area contributed by atoms with Gasteiger partial charge in [-0.1, -0.05) is 79.8 Å². The molecule has 0 aliphatic heterocycles. The van der Waals surface area contributed by atoms with Crippen molar-refractivity contribution in [2.75, 3.05) is 13.1 Å². The molecule has 1 aromatic carbocycles. The van der Waals surface area contributed by atoms with Crippen LogP contribution < -0.4 is 10.6 Å². The first kappa shape index (κ1) is 34.2. The van der Waals surface area contributed by atoms with Crippen molar-refractivity contribution < 1.29 is 27.9 Å². The number of phenols is 1. The molecule has 5 nitrogen and oxygen atoms in total. The van der Waals surface area contributed by atoms with E-state index >= 15 is 0 Å². The first-order valence-electron chi connectivity index (χ1n) is 13.6. The smallest absolute Gasteiger partial charge is 0.416 e. The molecule has 0 saturated heterocycles. The van der Waals surface area contributed by atoms with E-state index in [4.69, 9.17) is 0 Å². The summed E-state index contributed by atoms with van der Waals surface area (Å²) in [7, 11) is 0. The topological polar surface area (TPSA) is 78.4 Å². The molecular weight excluding hydrogens is 517 g/mol. The van der Waals surface area contributed by atoms with E-state index in [9.17, 15) is 27.9 Å². The van der Waals surface area contributed by atoms with E-state index in [2.05, 4.69) is 78.3 Å². The SMILES string of the molecule is CCC=CCC=CCC=CCC=CCC=CCC=CCCC(=O)NCCNC(=O)c1ccc(C(F)(F)F)cc1O. The Hall–Kier alpha value is -3.81. The molecule has 0 bridgehead atoms. The van der Waals surface area contributed by atoms with E-state index in [-0.39, 0.29) is 24.6 Å². The van der Waals surface area contributed by atoms with E-state index in [1.165, 1.54) is 0 Å². The molecule has 8 heteroatoms. The van der Waals surface area contributed by atoms with Gasteiger partial charge in [0.25, 0.3) is 5.91 Å². The highest BCUT2D eigenvalue weighted by molar-refractivity contribution is 5.96. The van der Waals surface area contributed by atoms with Gasteiger partial charge in [0.05, 0.1) is 11.1 Å². The molecule has 0 fully saturated rings. The zero-order chi connectivity index (χ0) is 29.5. The minimum atomic E-state index is -4.61. The van der Waals surface area contributed by atoms with Crippen LogP contribution in [-0.4, -0.2) is 30.0 Å². The molecule has 3 N–H and O–H groups in total. The van der Waals surface area contributed by atoms with Gasteiger partial charge >= 0.3 is 6.18 Å². The molecule has 0 heterocycles. The Morgan fingerprint density at radius 3 is 1.70 bits per heavy atom. The van der Waals surface area contributed by atoms with E-state index in [0.717, 1.165) is 50.7 Å². The van der Waals surface area contributed by atoms with Gasteiger partial charge in [-0.3, -0.25) is 9.59 Å². The molecule has 0 saturated carbocycles. The molecule has 0 aliphatic carbocycles. The molecule has 0 aromatic heterocycles. The van der Waals surface area contributed by atoms with Gasteiger partial charge in [-0.15, -0.1) is 0 Å². The Kier molecular flexibility index (Phi) is 18.0. The van der Waals surface area contributed by atoms with Crippen LogP contribution in [0.2, 0.25) is 0 Å². The molecule has 0 atom stereocenters. The number of benzene rings is 1. The van der Waals surface area contributed by atoms with E-state index in [1.54, 1.807) is 0 Å². The zero-order valence-electron chi connectivity index (χ0n) is 23.1. The maximum atomic E-state index is 12.6.